The van der Waals surface area contributed by atoms with E-state index in [0.717, 1.165) is 49.8 Å². The van der Waals surface area contributed by atoms with Gasteiger partial charge in [0.1, 0.15) is 17.0 Å². The highest BCUT2D eigenvalue weighted by Gasteiger charge is 2.15. The van der Waals surface area contributed by atoms with E-state index >= 15 is 0 Å². The Bertz CT molecular complexity index is 2480. The van der Waals surface area contributed by atoms with Crippen molar-refractivity contribution in [2.24, 2.45) is 10.7 Å². The van der Waals surface area contributed by atoms with Crippen molar-refractivity contribution < 1.29 is 4.42 Å². The molecule has 4 heteroatoms. The van der Waals surface area contributed by atoms with Gasteiger partial charge in [-0.15, -0.1) is 0 Å². The van der Waals surface area contributed by atoms with Crippen LogP contribution in [0.5, 0.6) is 0 Å². The van der Waals surface area contributed by atoms with Gasteiger partial charge in [-0.05, 0) is 80.9 Å². The fourth-order valence-corrected chi connectivity index (χ4v) is 6.33. The number of benzene rings is 7. The second-order valence-electron chi connectivity index (χ2n) is 11.8. The molecule has 0 aliphatic heterocycles. The molecule has 0 amide bonds. The van der Waals surface area contributed by atoms with Crippen molar-refractivity contribution in [2.45, 2.75) is 0 Å². The van der Waals surface area contributed by atoms with Crippen molar-refractivity contribution in [3.63, 3.8) is 0 Å². The Morgan fingerprint density at radius 3 is 1.52 bits per heavy atom. The highest BCUT2D eigenvalue weighted by atomic mass is 16.3. The van der Waals surface area contributed by atoms with E-state index < -0.39 is 0 Å². The van der Waals surface area contributed by atoms with Crippen LogP contribution in [0.1, 0.15) is 11.1 Å². The van der Waals surface area contributed by atoms with E-state index in [4.69, 9.17) is 15.6 Å². The SMILES string of the molecule is N=C(N=C(N)c1cccc2oc3ccc(-c4cccc(-c5cccc(-c6cccc(-c7ccccc7)c6)c5)c4)cc3c12)c1ccccc1. The van der Waals surface area contributed by atoms with E-state index in [1.54, 1.807) is 0 Å². The van der Waals surface area contributed by atoms with Crippen molar-refractivity contribution in [3.05, 3.63) is 181 Å². The Hall–Kier alpha value is -6.52. The second-order valence-corrected chi connectivity index (χ2v) is 11.8. The molecule has 0 spiro atoms. The highest BCUT2D eigenvalue weighted by Crippen LogP contribution is 2.36. The van der Waals surface area contributed by atoms with Gasteiger partial charge >= 0.3 is 0 Å². The average Bonchev–Trinajstić information content (AvgIpc) is 3.54. The lowest BCUT2D eigenvalue weighted by Crippen LogP contribution is -2.16. The molecule has 228 valence electrons. The normalized spacial score (nSPS) is 11.6. The van der Waals surface area contributed by atoms with E-state index in [1.807, 2.05) is 60.7 Å². The first-order valence-corrected chi connectivity index (χ1v) is 15.9. The summed E-state index contributed by atoms with van der Waals surface area (Å²) in [5.74, 6) is 0.391. The van der Waals surface area contributed by atoms with Gasteiger partial charge in [-0.3, -0.25) is 5.41 Å². The van der Waals surface area contributed by atoms with E-state index in [1.165, 1.54) is 22.3 Å². The number of nitrogens with zero attached hydrogens (tertiary/aromatic N) is 1. The summed E-state index contributed by atoms with van der Waals surface area (Å²) in [6.45, 7) is 0. The number of fused-ring (bicyclic) bond motifs is 3. The van der Waals surface area contributed by atoms with Gasteiger partial charge in [0, 0.05) is 21.9 Å². The summed E-state index contributed by atoms with van der Waals surface area (Å²) in [5.41, 5.74) is 18.7. The van der Waals surface area contributed by atoms with Crippen molar-refractivity contribution in [2.75, 3.05) is 0 Å². The van der Waals surface area contributed by atoms with Gasteiger partial charge in [0.25, 0.3) is 0 Å². The molecule has 3 N–H and O–H groups in total. The zero-order valence-electron chi connectivity index (χ0n) is 26.1. The Kier molecular flexibility index (Phi) is 7.44. The quantitative estimate of drug-likeness (QED) is 0.144. The van der Waals surface area contributed by atoms with Gasteiger partial charge in [-0.1, -0.05) is 133 Å². The van der Waals surface area contributed by atoms with Crippen LogP contribution >= 0.6 is 0 Å². The third kappa shape index (κ3) is 5.57. The summed E-state index contributed by atoms with van der Waals surface area (Å²) >= 11 is 0. The molecule has 4 nitrogen and oxygen atoms in total. The van der Waals surface area contributed by atoms with Gasteiger partial charge in [-0.25, -0.2) is 4.99 Å². The number of amidine groups is 2. The molecule has 48 heavy (non-hydrogen) atoms. The maximum atomic E-state index is 8.50. The number of hydrogen-bond donors (Lipinski definition) is 2. The summed E-state index contributed by atoms with van der Waals surface area (Å²) in [6.07, 6.45) is 0. The second kappa shape index (κ2) is 12.3. The van der Waals surface area contributed by atoms with Gasteiger partial charge in [0.05, 0.1) is 0 Å². The molecule has 7 aromatic carbocycles. The first-order chi connectivity index (χ1) is 23.6. The van der Waals surface area contributed by atoms with Crippen molar-refractivity contribution in [1.29, 1.82) is 5.41 Å². The fourth-order valence-electron chi connectivity index (χ4n) is 6.33. The van der Waals surface area contributed by atoms with Gasteiger partial charge < -0.3 is 10.2 Å². The molecule has 8 aromatic rings. The Balaban J connectivity index is 1.15. The van der Waals surface area contributed by atoms with Crippen LogP contribution in [-0.4, -0.2) is 11.7 Å². The van der Waals surface area contributed by atoms with Crippen LogP contribution in [0.2, 0.25) is 0 Å². The largest absolute Gasteiger partial charge is 0.456 e. The number of rotatable bonds is 6. The third-order valence-corrected chi connectivity index (χ3v) is 8.75. The monoisotopic (exact) mass is 617 g/mol. The van der Waals surface area contributed by atoms with Crippen molar-refractivity contribution in [1.82, 2.24) is 0 Å². The third-order valence-electron chi connectivity index (χ3n) is 8.75. The molecule has 0 radical (unpaired) electrons. The molecule has 1 aromatic heterocycles. The Morgan fingerprint density at radius 1 is 0.458 bits per heavy atom. The van der Waals surface area contributed by atoms with Gasteiger partial charge in [0.2, 0.25) is 0 Å². The van der Waals surface area contributed by atoms with E-state index in [-0.39, 0.29) is 11.7 Å². The highest BCUT2D eigenvalue weighted by molar-refractivity contribution is 6.20. The smallest absolute Gasteiger partial charge is 0.154 e. The molecule has 0 unspecified atom stereocenters. The van der Waals surface area contributed by atoms with Gasteiger partial charge in [-0.2, -0.15) is 0 Å². The standard InChI is InChI=1S/C44H31N3O/c45-43(30-13-5-2-6-14-30)47-44(46)38-21-10-22-41-42(38)39-28-37(23-24-40(39)48-41)36-20-9-19-35(27-36)34-18-8-17-33(26-34)32-16-7-15-31(25-32)29-11-3-1-4-12-29/h1-28H,(H3,45,46,47). The lowest BCUT2D eigenvalue weighted by atomic mass is 9.94. The fraction of sp³-hybridized carbons (Fsp3) is 0. The molecule has 0 fully saturated rings. The van der Waals surface area contributed by atoms with E-state index in [9.17, 15) is 0 Å². The Morgan fingerprint density at radius 2 is 0.938 bits per heavy atom. The topological polar surface area (TPSA) is 75.4 Å². The van der Waals surface area contributed by atoms with Crippen LogP contribution < -0.4 is 5.73 Å². The summed E-state index contributed by atoms with van der Waals surface area (Å²) in [4.78, 5) is 4.46. The van der Waals surface area contributed by atoms with E-state index in [0.29, 0.717) is 5.56 Å². The van der Waals surface area contributed by atoms with Crippen LogP contribution in [-0.2, 0) is 0 Å². The molecule has 1 heterocycles. The minimum atomic E-state index is 0.114. The van der Waals surface area contributed by atoms with Crippen LogP contribution in [0.15, 0.2) is 179 Å². The van der Waals surface area contributed by atoms with Crippen LogP contribution in [0, 0.1) is 5.41 Å². The molecule has 0 atom stereocenters. The van der Waals surface area contributed by atoms with Crippen LogP contribution in [0.3, 0.4) is 0 Å². The number of nitrogens with two attached hydrogens (primary N) is 1. The van der Waals surface area contributed by atoms with Gasteiger partial charge in [0.15, 0.2) is 5.84 Å². The molecular formula is C44H31N3O. The average molecular weight is 618 g/mol. The van der Waals surface area contributed by atoms with E-state index in [2.05, 4.69) is 114 Å². The Labute approximate surface area is 279 Å². The summed E-state index contributed by atoms with van der Waals surface area (Å²) in [7, 11) is 0. The molecule has 0 saturated carbocycles. The van der Waals surface area contributed by atoms with Crippen molar-refractivity contribution in [3.8, 4) is 44.5 Å². The maximum absolute atomic E-state index is 8.50. The molecule has 8 rings (SSSR count). The number of nitrogens with one attached hydrogen (secondary N) is 1. The summed E-state index contributed by atoms with van der Waals surface area (Å²) in [6, 6.07) is 58.0. The minimum absolute atomic E-state index is 0.114. The zero-order valence-corrected chi connectivity index (χ0v) is 26.1. The first kappa shape index (κ1) is 28.9. The zero-order chi connectivity index (χ0) is 32.5. The van der Waals surface area contributed by atoms with Crippen LogP contribution in [0.4, 0.5) is 0 Å². The predicted molar refractivity (Wildman–Crippen MR) is 199 cm³/mol. The number of furan rings is 1. The summed E-state index contributed by atoms with van der Waals surface area (Å²) in [5, 5.41) is 10.3. The number of aliphatic imine (C=N–C) groups is 1. The lowest BCUT2D eigenvalue weighted by Gasteiger charge is -2.10. The first-order valence-electron chi connectivity index (χ1n) is 15.9. The molecule has 0 saturated heterocycles. The molecule has 0 aliphatic carbocycles. The number of hydrogen-bond acceptors (Lipinski definition) is 2. The van der Waals surface area contributed by atoms with Crippen molar-refractivity contribution >= 4 is 33.6 Å². The lowest BCUT2D eigenvalue weighted by molar-refractivity contribution is 0.669. The maximum Gasteiger partial charge on any atom is 0.154 e. The summed E-state index contributed by atoms with van der Waals surface area (Å²) < 4.78 is 6.24. The minimum Gasteiger partial charge on any atom is -0.456 e. The predicted octanol–water partition coefficient (Wildman–Crippen LogP) is 11.0. The molecular weight excluding hydrogens is 587 g/mol. The molecule has 0 bridgehead atoms. The van der Waals surface area contributed by atoms with Crippen LogP contribution in [0.25, 0.3) is 66.4 Å². The molecule has 0 aliphatic rings.